The second-order valence-corrected chi connectivity index (χ2v) is 1.79. The lowest BCUT2D eigenvalue weighted by Crippen LogP contribution is -1.88. The van der Waals surface area contributed by atoms with Gasteiger partial charge in [-0.25, -0.2) is 4.98 Å². The Morgan fingerprint density at radius 2 is 2.50 bits per heavy atom. The van der Waals surface area contributed by atoms with Crippen molar-refractivity contribution >= 4 is 11.5 Å². The van der Waals surface area contributed by atoms with Crippen molar-refractivity contribution in [3.05, 3.63) is 38.9 Å². The summed E-state index contributed by atoms with van der Waals surface area (Å²) in [6.45, 7) is 0. The Morgan fingerprint density at radius 3 is 3.08 bits per heavy atom. The lowest BCUT2D eigenvalue weighted by Gasteiger charge is -1.91. The van der Waals surface area contributed by atoms with Crippen LogP contribution in [0, 0.1) is 10.1 Å². The topological polar surface area (TPSA) is 105 Å². The molecule has 0 aliphatic heterocycles. The molecule has 7 nitrogen and oxygen atoms in total. The number of rotatable bonds is 2. The van der Waals surface area contributed by atoms with Crippen LogP contribution in [0.3, 0.4) is 0 Å². The molecule has 0 aliphatic carbocycles. The first-order valence-corrected chi connectivity index (χ1v) is 2.90. The molecule has 1 aromatic heterocycles. The van der Waals surface area contributed by atoms with Gasteiger partial charge in [0.1, 0.15) is 0 Å². The highest BCUT2D eigenvalue weighted by Gasteiger charge is 2.11. The molecular formula is C5H3N5O2. The first kappa shape index (κ1) is 7.96. The van der Waals surface area contributed by atoms with Gasteiger partial charge in [0.2, 0.25) is 5.82 Å². The van der Waals surface area contributed by atoms with E-state index in [1.54, 1.807) is 0 Å². The van der Waals surface area contributed by atoms with E-state index in [4.69, 9.17) is 5.53 Å². The molecule has 0 aliphatic rings. The first-order valence-electron chi connectivity index (χ1n) is 2.90. The molecule has 0 bridgehead atoms. The molecule has 0 amide bonds. The highest BCUT2D eigenvalue weighted by atomic mass is 16.6. The van der Waals surface area contributed by atoms with Gasteiger partial charge in [-0.3, -0.25) is 10.1 Å². The summed E-state index contributed by atoms with van der Waals surface area (Å²) < 4.78 is 0. The lowest BCUT2D eigenvalue weighted by molar-refractivity contribution is -0.384. The average Bonchev–Trinajstić information content (AvgIpc) is 2.05. The van der Waals surface area contributed by atoms with Gasteiger partial charge in [0.15, 0.2) is 0 Å². The highest BCUT2D eigenvalue weighted by Crippen LogP contribution is 2.22. The van der Waals surface area contributed by atoms with Crippen LogP contribution in [0.15, 0.2) is 23.4 Å². The van der Waals surface area contributed by atoms with E-state index in [0.29, 0.717) is 0 Å². The van der Waals surface area contributed by atoms with Crippen LogP contribution >= 0.6 is 0 Å². The maximum Gasteiger partial charge on any atom is 0.297 e. The first-order chi connectivity index (χ1) is 5.75. The molecule has 0 saturated heterocycles. The number of nitro groups is 1. The SMILES string of the molecule is [N-]=[N+]=Nc1ncccc1[N+](=O)[O-]. The Balaban J connectivity index is 3.26. The van der Waals surface area contributed by atoms with Gasteiger partial charge in [-0.15, -0.1) is 0 Å². The number of aromatic nitrogens is 1. The molecule has 60 valence electrons. The summed E-state index contributed by atoms with van der Waals surface area (Å²) in [6.07, 6.45) is 1.32. The van der Waals surface area contributed by atoms with Crippen LogP contribution in [0.2, 0.25) is 0 Å². The average molecular weight is 165 g/mol. The van der Waals surface area contributed by atoms with Crippen molar-refractivity contribution in [3.63, 3.8) is 0 Å². The Labute approximate surface area is 66.4 Å². The molecule has 0 atom stereocenters. The molecule has 0 N–H and O–H groups in total. The number of hydrogen-bond acceptors (Lipinski definition) is 4. The highest BCUT2D eigenvalue weighted by molar-refractivity contribution is 5.50. The summed E-state index contributed by atoms with van der Waals surface area (Å²) in [4.78, 5) is 15.6. The van der Waals surface area contributed by atoms with Crippen LogP contribution in [-0.4, -0.2) is 9.91 Å². The fourth-order valence-corrected chi connectivity index (χ4v) is 0.650. The van der Waals surface area contributed by atoms with Gasteiger partial charge in [0.25, 0.3) is 5.69 Å². The fourth-order valence-electron chi connectivity index (χ4n) is 0.650. The minimum atomic E-state index is -0.656. The summed E-state index contributed by atoms with van der Waals surface area (Å²) in [5.74, 6) is -0.218. The van der Waals surface area contributed by atoms with E-state index < -0.39 is 4.92 Å². The van der Waals surface area contributed by atoms with Crippen molar-refractivity contribution in [2.75, 3.05) is 0 Å². The Bertz CT molecular complexity index is 336. The van der Waals surface area contributed by atoms with Gasteiger partial charge in [-0.05, 0) is 16.7 Å². The van der Waals surface area contributed by atoms with Crippen LogP contribution in [0.4, 0.5) is 11.5 Å². The van der Waals surface area contributed by atoms with Crippen molar-refractivity contribution < 1.29 is 4.92 Å². The van der Waals surface area contributed by atoms with Gasteiger partial charge < -0.3 is 0 Å². The predicted molar refractivity (Wildman–Crippen MR) is 39.7 cm³/mol. The zero-order valence-corrected chi connectivity index (χ0v) is 5.78. The third-order valence-electron chi connectivity index (χ3n) is 1.10. The van der Waals surface area contributed by atoms with Crippen molar-refractivity contribution in [2.24, 2.45) is 5.11 Å². The van der Waals surface area contributed by atoms with E-state index >= 15 is 0 Å². The number of hydrogen-bond donors (Lipinski definition) is 0. The third-order valence-corrected chi connectivity index (χ3v) is 1.10. The van der Waals surface area contributed by atoms with E-state index in [1.807, 2.05) is 0 Å². The van der Waals surface area contributed by atoms with Gasteiger partial charge in [-0.1, -0.05) is 0 Å². The van der Waals surface area contributed by atoms with Crippen molar-refractivity contribution in [3.8, 4) is 0 Å². The lowest BCUT2D eigenvalue weighted by atomic mass is 10.4. The molecule has 1 heterocycles. The van der Waals surface area contributed by atoms with E-state index in [0.717, 1.165) is 0 Å². The van der Waals surface area contributed by atoms with Gasteiger partial charge >= 0.3 is 0 Å². The summed E-state index contributed by atoms with van der Waals surface area (Å²) in [5, 5.41) is 13.3. The van der Waals surface area contributed by atoms with Gasteiger partial charge in [-0.2, -0.15) is 0 Å². The van der Waals surface area contributed by atoms with E-state index in [-0.39, 0.29) is 11.5 Å². The standard InChI is InChI=1S/C5H3N5O2/c6-9-8-5-4(10(11)12)2-1-3-7-5/h1-3H. The van der Waals surface area contributed by atoms with Crippen LogP contribution in [0.5, 0.6) is 0 Å². The van der Waals surface area contributed by atoms with E-state index in [2.05, 4.69) is 15.0 Å². The van der Waals surface area contributed by atoms with Crippen LogP contribution < -0.4 is 0 Å². The molecule has 0 aromatic carbocycles. The van der Waals surface area contributed by atoms with Crippen molar-refractivity contribution in [2.45, 2.75) is 0 Å². The minimum absolute atomic E-state index is 0.218. The van der Waals surface area contributed by atoms with Crippen LogP contribution in [0.25, 0.3) is 10.4 Å². The molecule has 0 radical (unpaired) electrons. The zero-order chi connectivity index (χ0) is 8.97. The molecule has 1 aromatic rings. The second kappa shape index (κ2) is 3.31. The largest absolute Gasteiger partial charge is 0.297 e. The Hall–Kier alpha value is -2.14. The summed E-state index contributed by atoms with van der Waals surface area (Å²) in [5.41, 5.74) is 7.73. The second-order valence-electron chi connectivity index (χ2n) is 1.79. The molecule has 7 heteroatoms. The normalized spacial score (nSPS) is 8.67. The summed E-state index contributed by atoms with van der Waals surface area (Å²) in [7, 11) is 0. The fraction of sp³-hybridized carbons (Fsp3) is 0. The van der Waals surface area contributed by atoms with Crippen molar-refractivity contribution in [1.82, 2.24) is 4.98 Å². The zero-order valence-electron chi connectivity index (χ0n) is 5.78. The van der Waals surface area contributed by atoms with Crippen LogP contribution in [-0.2, 0) is 0 Å². The molecule has 12 heavy (non-hydrogen) atoms. The van der Waals surface area contributed by atoms with Crippen molar-refractivity contribution in [1.29, 1.82) is 0 Å². The van der Waals surface area contributed by atoms with E-state index in [9.17, 15) is 10.1 Å². The number of nitrogens with zero attached hydrogens (tertiary/aromatic N) is 5. The molecule has 0 saturated carbocycles. The Kier molecular flexibility index (Phi) is 2.20. The van der Waals surface area contributed by atoms with Crippen LogP contribution in [0.1, 0.15) is 0 Å². The molecule has 0 spiro atoms. The molecular weight excluding hydrogens is 162 g/mol. The molecule has 0 unspecified atom stereocenters. The Morgan fingerprint density at radius 1 is 1.75 bits per heavy atom. The third kappa shape index (κ3) is 1.47. The molecule has 0 fully saturated rings. The quantitative estimate of drug-likeness (QED) is 0.219. The predicted octanol–water partition coefficient (Wildman–Crippen LogP) is 1.93. The summed E-state index contributed by atoms with van der Waals surface area (Å²) >= 11 is 0. The number of pyridine rings is 1. The van der Waals surface area contributed by atoms with Gasteiger partial charge in [0, 0.05) is 17.2 Å². The molecule has 1 rings (SSSR count). The van der Waals surface area contributed by atoms with Gasteiger partial charge in [0.05, 0.1) is 4.92 Å². The smallest absolute Gasteiger partial charge is 0.258 e. The number of azide groups is 1. The summed E-state index contributed by atoms with van der Waals surface area (Å²) in [6, 6.07) is 2.62. The minimum Gasteiger partial charge on any atom is -0.258 e. The maximum absolute atomic E-state index is 10.3. The maximum atomic E-state index is 10.3. The monoisotopic (exact) mass is 165 g/mol. The van der Waals surface area contributed by atoms with E-state index in [1.165, 1.54) is 18.3 Å².